The van der Waals surface area contributed by atoms with Crippen molar-refractivity contribution in [2.75, 3.05) is 13.1 Å². The first-order chi connectivity index (χ1) is 14.5. The van der Waals surface area contributed by atoms with Crippen LogP contribution in [0, 0.1) is 0 Å². The highest BCUT2D eigenvalue weighted by Gasteiger charge is 2.34. The molecule has 0 bridgehead atoms. The zero-order valence-corrected chi connectivity index (χ0v) is 17.6. The fourth-order valence-corrected chi connectivity index (χ4v) is 5.62. The number of fused-ring (bicyclic) bond motifs is 1. The maximum atomic E-state index is 13.0. The van der Waals surface area contributed by atoms with Crippen LogP contribution in [0.3, 0.4) is 0 Å². The second-order valence-corrected chi connectivity index (χ2v) is 9.72. The summed E-state index contributed by atoms with van der Waals surface area (Å²) in [6, 6.07) is 14.2. The predicted molar refractivity (Wildman–Crippen MR) is 115 cm³/mol. The van der Waals surface area contributed by atoms with Gasteiger partial charge in [-0.25, -0.2) is 18.4 Å². The van der Waals surface area contributed by atoms with Gasteiger partial charge >= 0.3 is 0 Å². The molecule has 4 aromatic rings. The van der Waals surface area contributed by atoms with E-state index in [1.165, 1.54) is 0 Å². The number of nitrogens with zero attached hydrogens (tertiary/aromatic N) is 4. The Balaban J connectivity index is 1.45. The van der Waals surface area contributed by atoms with Gasteiger partial charge in [0.1, 0.15) is 5.52 Å². The first-order valence-corrected chi connectivity index (χ1v) is 11.6. The quantitative estimate of drug-likeness (QED) is 0.464. The van der Waals surface area contributed by atoms with Crippen LogP contribution in [0.5, 0.6) is 0 Å². The van der Waals surface area contributed by atoms with Gasteiger partial charge in [0.15, 0.2) is 17.2 Å². The van der Waals surface area contributed by atoms with Gasteiger partial charge in [-0.15, -0.1) is 0 Å². The summed E-state index contributed by atoms with van der Waals surface area (Å²) in [5.41, 5.74) is 2.20. The van der Waals surface area contributed by atoms with E-state index < -0.39 is 10.0 Å². The number of pyridine rings is 1. The van der Waals surface area contributed by atoms with Crippen LogP contribution >= 0.6 is 11.6 Å². The molecular weight excluding hydrogens is 424 g/mol. The van der Waals surface area contributed by atoms with Crippen LogP contribution in [-0.4, -0.2) is 40.3 Å². The fraction of sp³-hybridized carbons (Fsp3) is 0.238. The van der Waals surface area contributed by atoms with E-state index in [2.05, 4.69) is 9.97 Å². The Kier molecular flexibility index (Phi) is 4.85. The van der Waals surface area contributed by atoms with Crippen molar-refractivity contribution in [3.63, 3.8) is 0 Å². The molecule has 0 saturated carbocycles. The first kappa shape index (κ1) is 19.3. The molecule has 0 spiro atoms. The third-order valence-corrected chi connectivity index (χ3v) is 7.41. The minimum Gasteiger partial charge on any atom is -0.461 e. The lowest BCUT2D eigenvalue weighted by Gasteiger charge is -2.18. The van der Waals surface area contributed by atoms with E-state index in [1.807, 2.05) is 28.8 Å². The summed E-state index contributed by atoms with van der Waals surface area (Å²) in [5.74, 6) is 1.25. The van der Waals surface area contributed by atoms with Gasteiger partial charge in [0.05, 0.1) is 18.1 Å². The summed E-state index contributed by atoms with van der Waals surface area (Å²) in [5, 5.41) is 0.585. The van der Waals surface area contributed by atoms with Crippen molar-refractivity contribution < 1.29 is 12.8 Å². The van der Waals surface area contributed by atoms with Crippen LogP contribution in [-0.2, 0) is 15.8 Å². The summed E-state index contributed by atoms with van der Waals surface area (Å²) in [4.78, 5) is 9.19. The van der Waals surface area contributed by atoms with Crippen molar-refractivity contribution in [3.05, 3.63) is 71.6 Å². The third kappa shape index (κ3) is 3.51. The fourth-order valence-electron chi connectivity index (χ4n) is 3.91. The van der Waals surface area contributed by atoms with Crippen LogP contribution in [0.25, 0.3) is 22.7 Å². The molecule has 4 heterocycles. The number of hydrogen-bond donors (Lipinski definition) is 0. The number of rotatable bonds is 5. The lowest BCUT2D eigenvalue weighted by atomic mass is 10.2. The molecule has 7 nitrogen and oxygen atoms in total. The molecular formula is C21H19ClN4O3S. The molecule has 1 unspecified atom stereocenters. The molecule has 5 rings (SSSR count). The van der Waals surface area contributed by atoms with Crippen LogP contribution in [0.1, 0.15) is 18.0 Å². The van der Waals surface area contributed by atoms with Gasteiger partial charge in [-0.3, -0.25) is 0 Å². The van der Waals surface area contributed by atoms with Crippen molar-refractivity contribution in [1.29, 1.82) is 0 Å². The van der Waals surface area contributed by atoms with Gasteiger partial charge in [0, 0.05) is 24.3 Å². The molecule has 1 saturated heterocycles. The van der Waals surface area contributed by atoms with Crippen LogP contribution in [0.4, 0.5) is 0 Å². The molecule has 1 fully saturated rings. The van der Waals surface area contributed by atoms with Crippen molar-refractivity contribution in [1.82, 2.24) is 18.8 Å². The van der Waals surface area contributed by atoms with Gasteiger partial charge in [-0.2, -0.15) is 4.31 Å². The van der Waals surface area contributed by atoms with E-state index in [1.54, 1.807) is 41.0 Å². The average molecular weight is 443 g/mol. The number of aromatic nitrogens is 3. The van der Waals surface area contributed by atoms with Gasteiger partial charge in [0.25, 0.3) is 0 Å². The summed E-state index contributed by atoms with van der Waals surface area (Å²) in [7, 11) is -3.46. The topological polar surface area (TPSA) is 81.2 Å². The zero-order chi connectivity index (χ0) is 20.7. The molecule has 0 radical (unpaired) electrons. The van der Waals surface area contributed by atoms with Crippen molar-refractivity contribution in [2.24, 2.45) is 0 Å². The molecule has 1 atom stereocenters. The predicted octanol–water partition coefficient (Wildman–Crippen LogP) is 4.12. The van der Waals surface area contributed by atoms with E-state index in [0.717, 1.165) is 11.2 Å². The number of halogens is 1. The summed E-state index contributed by atoms with van der Waals surface area (Å²) in [6.45, 7) is 0.816. The molecule has 0 N–H and O–H groups in total. The van der Waals surface area contributed by atoms with E-state index in [4.69, 9.17) is 16.0 Å². The second-order valence-electron chi connectivity index (χ2n) is 7.31. The molecule has 1 aromatic carbocycles. The average Bonchev–Trinajstić information content (AvgIpc) is 3.48. The molecule has 9 heteroatoms. The molecule has 1 aliphatic heterocycles. The Bertz CT molecular complexity index is 1280. The minimum absolute atomic E-state index is 0.0507. The van der Waals surface area contributed by atoms with Crippen molar-refractivity contribution >= 4 is 32.8 Å². The zero-order valence-electron chi connectivity index (χ0n) is 16.0. The van der Waals surface area contributed by atoms with E-state index >= 15 is 0 Å². The molecule has 0 aliphatic carbocycles. The van der Waals surface area contributed by atoms with Gasteiger partial charge in [-0.05, 0) is 48.4 Å². The highest BCUT2D eigenvalue weighted by molar-refractivity contribution is 7.88. The molecule has 0 amide bonds. The maximum absolute atomic E-state index is 13.0. The lowest BCUT2D eigenvalue weighted by molar-refractivity contribution is 0.453. The number of hydrogen-bond acceptors (Lipinski definition) is 5. The van der Waals surface area contributed by atoms with E-state index in [-0.39, 0.29) is 11.8 Å². The number of benzene rings is 1. The van der Waals surface area contributed by atoms with Crippen LogP contribution in [0.2, 0.25) is 5.02 Å². The summed E-state index contributed by atoms with van der Waals surface area (Å²) < 4.78 is 35.2. The number of imidazole rings is 1. The summed E-state index contributed by atoms with van der Waals surface area (Å²) in [6.07, 6.45) is 4.00. The Hall–Kier alpha value is -2.68. The molecule has 3 aromatic heterocycles. The van der Waals surface area contributed by atoms with Crippen LogP contribution < -0.4 is 0 Å². The Morgan fingerprint density at radius 1 is 1.13 bits per heavy atom. The number of furan rings is 1. The smallest absolute Gasteiger partial charge is 0.218 e. The number of sulfonamides is 1. The van der Waals surface area contributed by atoms with Gasteiger partial charge < -0.3 is 8.98 Å². The lowest BCUT2D eigenvalue weighted by Crippen LogP contribution is -2.30. The molecule has 1 aliphatic rings. The normalized spacial score (nSPS) is 17.7. The van der Waals surface area contributed by atoms with Crippen molar-refractivity contribution in [2.45, 2.75) is 18.2 Å². The minimum atomic E-state index is -3.46. The van der Waals surface area contributed by atoms with E-state index in [0.29, 0.717) is 41.7 Å². The maximum Gasteiger partial charge on any atom is 0.218 e. The van der Waals surface area contributed by atoms with Crippen LogP contribution in [0.15, 0.2) is 65.4 Å². The monoisotopic (exact) mass is 442 g/mol. The third-order valence-electron chi connectivity index (χ3n) is 5.34. The highest BCUT2D eigenvalue weighted by atomic mass is 35.5. The Labute approximate surface area is 179 Å². The summed E-state index contributed by atoms with van der Waals surface area (Å²) >= 11 is 5.91. The van der Waals surface area contributed by atoms with Gasteiger partial charge in [0.2, 0.25) is 10.0 Å². The standard InChI is InChI=1S/C21H19ClN4O3S/c22-16-7-5-15(6-8-16)14-30(27,28)25-11-9-17(13-25)26-20-18(3-1-10-23-20)24-21(26)19-4-2-12-29-19/h1-8,10,12,17H,9,11,13-14H2. The Morgan fingerprint density at radius 3 is 2.73 bits per heavy atom. The second kappa shape index (κ2) is 7.54. The Morgan fingerprint density at radius 2 is 1.97 bits per heavy atom. The molecule has 154 valence electrons. The molecule has 30 heavy (non-hydrogen) atoms. The van der Waals surface area contributed by atoms with Gasteiger partial charge in [-0.1, -0.05) is 23.7 Å². The SMILES string of the molecule is O=S(=O)(Cc1ccc(Cl)cc1)N1CCC(n2c(-c3ccco3)nc3cccnc32)C1. The van der Waals surface area contributed by atoms with E-state index in [9.17, 15) is 8.42 Å². The highest BCUT2D eigenvalue weighted by Crippen LogP contribution is 2.33. The first-order valence-electron chi connectivity index (χ1n) is 9.60. The van der Waals surface area contributed by atoms with Crippen molar-refractivity contribution in [3.8, 4) is 11.6 Å². The largest absolute Gasteiger partial charge is 0.461 e.